The first-order valence-electron chi connectivity index (χ1n) is 11.4. The number of carbonyl (C=O) groups excluding carboxylic acids is 2. The number of hydrogen-bond acceptors (Lipinski definition) is 8. The van der Waals surface area contributed by atoms with Crippen LogP contribution < -0.4 is 21.3 Å². The largest absolute Gasteiger partial charge is 0.357 e. The zero-order valence-electron chi connectivity index (χ0n) is 19.4. The van der Waals surface area contributed by atoms with Crippen molar-refractivity contribution in [2.45, 2.75) is 25.4 Å². The number of amides is 2. The number of carbonyl (C=O) groups is 2. The van der Waals surface area contributed by atoms with E-state index in [1.807, 2.05) is 41.6 Å². The Balaban J connectivity index is 1.59. The van der Waals surface area contributed by atoms with E-state index in [4.69, 9.17) is 15.7 Å². The smallest absolute Gasteiger partial charge is 0.251 e. The molecule has 10 nitrogen and oxygen atoms in total. The van der Waals surface area contributed by atoms with E-state index in [1.165, 1.54) is 0 Å². The third kappa shape index (κ3) is 4.47. The van der Waals surface area contributed by atoms with E-state index < -0.39 is 0 Å². The second-order valence-corrected chi connectivity index (χ2v) is 9.46. The lowest BCUT2D eigenvalue weighted by molar-refractivity contribution is -0.123. The lowest BCUT2D eigenvalue weighted by Crippen LogP contribution is -2.56. The highest BCUT2D eigenvalue weighted by atomic mass is 32.1. The van der Waals surface area contributed by atoms with Gasteiger partial charge >= 0.3 is 0 Å². The van der Waals surface area contributed by atoms with Crippen molar-refractivity contribution >= 4 is 34.6 Å². The van der Waals surface area contributed by atoms with Gasteiger partial charge in [0.15, 0.2) is 5.65 Å². The molecule has 1 fully saturated rings. The molecule has 5 rings (SSSR count). The topological polar surface area (TPSA) is 131 Å². The van der Waals surface area contributed by atoms with E-state index in [9.17, 15) is 9.59 Å². The number of thiophene rings is 1. The highest BCUT2D eigenvalue weighted by Gasteiger charge is 2.35. The second-order valence-electron chi connectivity index (χ2n) is 8.52. The molecule has 4 aromatic rings. The Morgan fingerprint density at radius 2 is 2.11 bits per heavy atom. The SMILES string of the molecule is CNC(=O)[C@@H]1CCN1c1cc(C(=O)NC[C@H](C)N)cc(-c2cnn3ccc(-c4cccs4)nc23)n1. The Kier molecular flexibility index (Phi) is 6.18. The zero-order chi connectivity index (χ0) is 24.5. The molecule has 4 aromatic heterocycles. The van der Waals surface area contributed by atoms with Crippen molar-refractivity contribution < 1.29 is 9.59 Å². The van der Waals surface area contributed by atoms with Gasteiger partial charge in [0.2, 0.25) is 5.91 Å². The van der Waals surface area contributed by atoms with Gasteiger partial charge in [-0.3, -0.25) is 9.59 Å². The van der Waals surface area contributed by atoms with E-state index in [-0.39, 0.29) is 23.9 Å². The number of nitrogens with zero attached hydrogens (tertiary/aromatic N) is 5. The Morgan fingerprint density at radius 1 is 1.26 bits per heavy atom. The molecule has 35 heavy (non-hydrogen) atoms. The van der Waals surface area contributed by atoms with E-state index >= 15 is 0 Å². The zero-order valence-corrected chi connectivity index (χ0v) is 20.2. The summed E-state index contributed by atoms with van der Waals surface area (Å²) in [5, 5.41) is 12.0. The number of pyridine rings is 1. The summed E-state index contributed by atoms with van der Waals surface area (Å²) in [6, 6.07) is 8.86. The van der Waals surface area contributed by atoms with Gasteiger partial charge in [0, 0.05) is 37.9 Å². The van der Waals surface area contributed by atoms with Crippen LogP contribution in [0.4, 0.5) is 5.82 Å². The van der Waals surface area contributed by atoms with Gasteiger partial charge in [-0.1, -0.05) is 6.07 Å². The van der Waals surface area contributed by atoms with E-state index in [1.54, 1.807) is 41.2 Å². The summed E-state index contributed by atoms with van der Waals surface area (Å²) in [6.45, 7) is 2.84. The molecular formula is C24H26N8O2S. The lowest BCUT2D eigenvalue weighted by Gasteiger charge is -2.40. The molecular weight excluding hydrogens is 464 g/mol. The van der Waals surface area contributed by atoms with Crippen LogP contribution in [-0.2, 0) is 4.79 Å². The van der Waals surface area contributed by atoms with Gasteiger partial charge in [-0.25, -0.2) is 14.5 Å². The fraction of sp³-hybridized carbons (Fsp3) is 0.292. The maximum atomic E-state index is 13.0. The van der Waals surface area contributed by atoms with Crippen LogP contribution in [0.1, 0.15) is 23.7 Å². The summed E-state index contributed by atoms with van der Waals surface area (Å²) < 4.78 is 1.69. The third-order valence-corrected chi connectivity index (χ3v) is 6.83. The molecule has 1 saturated heterocycles. The molecule has 0 unspecified atom stereocenters. The molecule has 0 aliphatic carbocycles. The molecule has 1 aliphatic rings. The van der Waals surface area contributed by atoms with Crippen molar-refractivity contribution in [3.8, 4) is 21.8 Å². The predicted molar refractivity (Wildman–Crippen MR) is 135 cm³/mol. The first-order chi connectivity index (χ1) is 16.9. The maximum Gasteiger partial charge on any atom is 0.251 e. The van der Waals surface area contributed by atoms with Crippen LogP contribution in [0, 0.1) is 0 Å². The van der Waals surface area contributed by atoms with Crippen molar-refractivity contribution in [3.05, 3.63) is 53.7 Å². The molecule has 11 heteroatoms. The molecule has 1 aliphatic heterocycles. The number of hydrogen-bond donors (Lipinski definition) is 3. The Morgan fingerprint density at radius 3 is 2.80 bits per heavy atom. The van der Waals surface area contributed by atoms with Crippen LogP contribution in [0.5, 0.6) is 0 Å². The number of rotatable bonds is 7. The summed E-state index contributed by atoms with van der Waals surface area (Å²) >= 11 is 1.61. The van der Waals surface area contributed by atoms with Gasteiger partial charge in [-0.05, 0) is 43.0 Å². The summed E-state index contributed by atoms with van der Waals surface area (Å²) in [5.74, 6) is 0.222. The van der Waals surface area contributed by atoms with Gasteiger partial charge in [0.1, 0.15) is 11.9 Å². The number of aromatic nitrogens is 4. The number of nitrogens with one attached hydrogen (secondary N) is 2. The van der Waals surface area contributed by atoms with Crippen molar-refractivity contribution in [3.63, 3.8) is 0 Å². The summed E-state index contributed by atoms with van der Waals surface area (Å²) in [5.41, 5.74) is 8.98. The van der Waals surface area contributed by atoms with Crippen molar-refractivity contribution in [1.82, 2.24) is 30.2 Å². The number of likely N-dealkylation sites (N-methyl/N-ethyl adjacent to an activating group) is 1. The van der Waals surface area contributed by atoms with Gasteiger partial charge in [0.05, 0.1) is 28.0 Å². The third-order valence-electron chi connectivity index (χ3n) is 5.94. The molecule has 0 bridgehead atoms. The molecule has 180 valence electrons. The number of anilines is 1. The van der Waals surface area contributed by atoms with E-state index in [0.717, 1.165) is 17.0 Å². The minimum absolute atomic E-state index is 0.0790. The Bertz CT molecular complexity index is 1380. The highest BCUT2D eigenvalue weighted by molar-refractivity contribution is 7.13. The molecule has 4 N–H and O–H groups in total. The quantitative estimate of drug-likeness (QED) is 0.361. The first-order valence-corrected chi connectivity index (χ1v) is 12.3. The van der Waals surface area contributed by atoms with Crippen molar-refractivity contribution in [2.75, 3.05) is 25.0 Å². The van der Waals surface area contributed by atoms with Crippen LogP contribution in [0.15, 0.2) is 48.1 Å². The van der Waals surface area contributed by atoms with Gasteiger partial charge in [-0.2, -0.15) is 5.10 Å². The summed E-state index contributed by atoms with van der Waals surface area (Å²) in [6.07, 6.45) is 4.28. The molecule has 5 heterocycles. The van der Waals surface area contributed by atoms with E-state index in [2.05, 4.69) is 15.7 Å². The molecule has 2 amide bonds. The number of fused-ring (bicyclic) bond motifs is 1. The molecule has 0 saturated carbocycles. The summed E-state index contributed by atoms with van der Waals surface area (Å²) in [7, 11) is 1.62. The molecule has 0 aromatic carbocycles. The normalized spacial score (nSPS) is 16.1. The Labute approximate surface area is 206 Å². The Hall–Kier alpha value is -3.83. The van der Waals surface area contributed by atoms with Crippen LogP contribution in [0.3, 0.4) is 0 Å². The summed E-state index contributed by atoms with van der Waals surface area (Å²) in [4.78, 5) is 37.9. The van der Waals surface area contributed by atoms with Crippen molar-refractivity contribution in [1.29, 1.82) is 0 Å². The molecule has 0 radical (unpaired) electrons. The fourth-order valence-electron chi connectivity index (χ4n) is 4.00. The number of nitrogens with two attached hydrogens (primary N) is 1. The van der Waals surface area contributed by atoms with Crippen molar-refractivity contribution in [2.24, 2.45) is 5.73 Å². The van der Waals surface area contributed by atoms with Crippen LogP contribution in [-0.4, -0.2) is 63.6 Å². The van der Waals surface area contributed by atoms with Crippen LogP contribution in [0.2, 0.25) is 0 Å². The minimum Gasteiger partial charge on any atom is -0.357 e. The monoisotopic (exact) mass is 490 g/mol. The molecule has 2 atom stereocenters. The lowest BCUT2D eigenvalue weighted by atomic mass is 10.0. The molecule has 0 spiro atoms. The maximum absolute atomic E-state index is 13.0. The predicted octanol–water partition coefficient (Wildman–Crippen LogP) is 1.92. The van der Waals surface area contributed by atoms with Crippen LogP contribution >= 0.6 is 11.3 Å². The van der Waals surface area contributed by atoms with E-state index in [0.29, 0.717) is 41.4 Å². The average molecular weight is 491 g/mol. The fourth-order valence-corrected chi connectivity index (χ4v) is 4.70. The van der Waals surface area contributed by atoms with Gasteiger partial charge in [0.25, 0.3) is 5.91 Å². The highest BCUT2D eigenvalue weighted by Crippen LogP contribution is 2.31. The standard InChI is InChI=1S/C24H26N8O2S/c1-14(25)12-27-23(33)15-10-18(29-21(11-15)31-7-6-19(31)24(34)26-2)16-13-28-32-8-5-17(30-22(16)32)20-4-3-9-35-20/h3-5,8-11,13-14,19H,6-7,12,25H2,1-2H3,(H,26,34)(H,27,33)/t14-,19-/m0/s1. The second kappa shape index (κ2) is 9.43. The average Bonchev–Trinajstić information content (AvgIpc) is 3.51. The van der Waals surface area contributed by atoms with Gasteiger partial charge < -0.3 is 21.3 Å². The minimum atomic E-state index is -0.324. The van der Waals surface area contributed by atoms with Gasteiger partial charge in [-0.15, -0.1) is 11.3 Å². The first kappa shape index (κ1) is 22.9. The van der Waals surface area contributed by atoms with Crippen LogP contribution in [0.25, 0.3) is 27.5 Å².